The summed E-state index contributed by atoms with van der Waals surface area (Å²) in [5.41, 5.74) is 3.64. The molecule has 0 fully saturated rings. The number of benzene rings is 2. The summed E-state index contributed by atoms with van der Waals surface area (Å²) in [6, 6.07) is 13.4. The summed E-state index contributed by atoms with van der Waals surface area (Å²) >= 11 is 1.46. The highest BCUT2D eigenvalue weighted by Gasteiger charge is 2.21. The van der Waals surface area contributed by atoms with Crippen molar-refractivity contribution in [2.45, 2.75) is 13.8 Å². The van der Waals surface area contributed by atoms with Gasteiger partial charge in [-0.15, -0.1) is 11.3 Å². The van der Waals surface area contributed by atoms with Gasteiger partial charge in [0.15, 0.2) is 16.6 Å². The topological polar surface area (TPSA) is 51.7 Å². The molecule has 0 N–H and O–H groups in total. The molecule has 140 valence electrons. The SMILES string of the molecule is CCN(C(=O)c1ccc(OC)c(OC)c1)c1nc(-c2ccc(C)cc2)cs1. The minimum Gasteiger partial charge on any atom is -0.493 e. The number of ether oxygens (including phenoxy) is 2. The van der Waals surface area contributed by atoms with Gasteiger partial charge in [0.1, 0.15) is 0 Å². The fourth-order valence-corrected chi connectivity index (χ4v) is 3.63. The number of aromatic nitrogens is 1. The van der Waals surface area contributed by atoms with Crippen LogP contribution in [0.1, 0.15) is 22.8 Å². The maximum Gasteiger partial charge on any atom is 0.260 e. The van der Waals surface area contributed by atoms with E-state index in [2.05, 4.69) is 24.0 Å². The number of carbonyl (C=O) groups is 1. The van der Waals surface area contributed by atoms with E-state index in [1.807, 2.05) is 24.4 Å². The molecule has 0 aliphatic heterocycles. The van der Waals surface area contributed by atoms with E-state index in [1.165, 1.54) is 16.9 Å². The Morgan fingerprint density at radius 3 is 2.41 bits per heavy atom. The summed E-state index contributed by atoms with van der Waals surface area (Å²) < 4.78 is 10.6. The second-order valence-electron chi connectivity index (χ2n) is 6.00. The van der Waals surface area contributed by atoms with Gasteiger partial charge >= 0.3 is 0 Å². The fraction of sp³-hybridized carbons (Fsp3) is 0.238. The lowest BCUT2D eigenvalue weighted by Gasteiger charge is -2.18. The van der Waals surface area contributed by atoms with Gasteiger partial charge < -0.3 is 9.47 Å². The van der Waals surface area contributed by atoms with Crippen LogP contribution in [0.3, 0.4) is 0 Å². The van der Waals surface area contributed by atoms with Crippen molar-refractivity contribution >= 4 is 22.4 Å². The highest BCUT2D eigenvalue weighted by atomic mass is 32.1. The molecule has 1 heterocycles. The summed E-state index contributed by atoms with van der Waals surface area (Å²) in [7, 11) is 3.12. The summed E-state index contributed by atoms with van der Waals surface area (Å²) in [6.07, 6.45) is 0. The zero-order valence-corrected chi connectivity index (χ0v) is 16.7. The smallest absolute Gasteiger partial charge is 0.260 e. The Labute approximate surface area is 163 Å². The van der Waals surface area contributed by atoms with E-state index in [9.17, 15) is 4.79 Å². The molecule has 0 saturated carbocycles. The first-order valence-electron chi connectivity index (χ1n) is 8.63. The molecule has 5 nitrogen and oxygen atoms in total. The molecule has 3 rings (SSSR count). The minimum absolute atomic E-state index is 0.122. The Morgan fingerprint density at radius 2 is 1.78 bits per heavy atom. The van der Waals surface area contributed by atoms with Crippen LogP contribution in [0.2, 0.25) is 0 Å². The van der Waals surface area contributed by atoms with E-state index in [0.29, 0.717) is 28.7 Å². The Hall–Kier alpha value is -2.86. The maximum absolute atomic E-state index is 13.0. The van der Waals surface area contributed by atoms with E-state index in [-0.39, 0.29) is 5.91 Å². The van der Waals surface area contributed by atoms with E-state index in [1.54, 1.807) is 37.3 Å². The van der Waals surface area contributed by atoms with Crippen LogP contribution in [0, 0.1) is 6.92 Å². The summed E-state index contributed by atoms with van der Waals surface area (Å²) in [6.45, 7) is 4.51. The Bertz CT molecular complexity index is 935. The average Bonchev–Trinajstić information content (AvgIpc) is 3.18. The molecule has 6 heteroatoms. The van der Waals surface area contributed by atoms with Crippen molar-refractivity contribution in [3.63, 3.8) is 0 Å². The first-order valence-corrected chi connectivity index (χ1v) is 9.51. The standard InChI is InChI=1S/C21H22N2O3S/c1-5-23(20(24)16-10-11-18(25-3)19(12-16)26-4)21-22-17(13-27-21)15-8-6-14(2)7-9-15/h6-13H,5H2,1-4H3. The molecule has 0 saturated heterocycles. The molecule has 0 spiro atoms. The normalized spacial score (nSPS) is 10.5. The van der Waals surface area contributed by atoms with Crippen molar-refractivity contribution in [2.24, 2.45) is 0 Å². The third-order valence-corrected chi connectivity index (χ3v) is 5.13. The number of anilines is 1. The number of hydrogen-bond acceptors (Lipinski definition) is 5. The molecule has 27 heavy (non-hydrogen) atoms. The number of amides is 1. The first-order chi connectivity index (χ1) is 13.1. The lowest BCUT2D eigenvalue weighted by Crippen LogP contribution is -2.30. The molecule has 2 aromatic carbocycles. The molecule has 0 bridgehead atoms. The maximum atomic E-state index is 13.0. The van der Waals surface area contributed by atoms with E-state index in [0.717, 1.165) is 11.3 Å². The molecule has 0 aliphatic carbocycles. The van der Waals surface area contributed by atoms with Gasteiger partial charge in [0.25, 0.3) is 5.91 Å². The van der Waals surface area contributed by atoms with Gasteiger partial charge in [-0.05, 0) is 32.0 Å². The molecule has 0 radical (unpaired) electrons. The van der Waals surface area contributed by atoms with Crippen molar-refractivity contribution in [1.29, 1.82) is 0 Å². The largest absolute Gasteiger partial charge is 0.493 e. The van der Waals surface area contributed by atoms with Crippen LogP contribution in [0.4, 0.5) is 5.13 Å². The highest BCUT2D eigenvalue weighted by Crippen LogP contribution is 2.31. The molecular weight excluding hydrogens is 360 g/mol. The van der Waals surface area contributed by atoms with E-state index < -0.39 is 0 Å². The zero-order valence-electron chi connectivity index (χ0n) is 15.9. The van der Waals surface area contributed by atoms with Gasteiger partial charge in [0.05, 0.1) is 19.9 Å². The summed E-state index contributed by atoms with van der Waals surface area (Å²) in [4.78, 5) is 19.4. The predicted molar refractivity (Wildman–Crippen MR) is 109 cm³/mol. The van der Waals surface area contributed by atoms with Crippen molar-refractivity contribution in [2.75, 3.05) is 25.7 Å². The molecular formula is C21H22N2O3S. The predicted octanol–water partition coefficient (Wildman–Crippen LogP) is 4.80. The second kappa shape index (κ2) is 8.22. The van der Waals surface area contributed by atoms with E-state index in [4.69, 9.17) is 9.47 Å². The van der Waals surface area contributed by atoms with Crippen molar-refractivity contribution < 1.29 is 14.3 Å². The fourth-order valence-electron chi connectivity index (χ4n) is 2.74. The van der Waals surface area contributed by atoms with Crippen LogP contribution < -0.4 is 14.4 Å². The van der Waals surface area contributed by atoms with Crippen LogP contribution in [-0.4, -0.2) is 31.7 Å². The Kier molecular flexibility index (Phi) is 5.76. The third-order valence-electron chi connectivity index (χ3n) is 4.26. The minimum atomic E-state index is -0.122. The van der Waals surface area contributed by atoms with Crippen LogP contribution in [-0.2, 0) is 0 Å². The van der Waals surface area contributed by atoms with Crippen molar-refractivity contribution in [3.05, 3.63) is 59.0 Å². The second-order valence-corrected chi connectivity index (χ2v) is 6.84. The number of rotatable bonds is 6. The van der Waals surface area contributed by atoms with Crippen LogP contribution >= 0.6 is 11.3 Å². The molecule has 0 aliphatic rings. The number of thiazole rings is 1. The van der Waals surface area contributed by atoms with Crippen molar-refractivity contribution in [1.82, 2.24) is 4.98 Å². The molecule has 0 unspecified atom stereocenters. The highest BCUT2D eigenvalue weighted by molar-refractivity contribution is 7.14. The van der Waals surface area contributed by atoms with Crippen LogP contribution in [0.15, 0.2) is 47.8 Å². The van der Waals surface area contributed by atoms with Crippen LogP contribution in [0.5, 0.6) is 11.5 Å². The molecule has 3 aromatic rings. The number of aryl methyl sites for hydroxylation is 1. The monoisotopic (exact) mass is 382 g/mol. The van der Waals surface area contributed by atoms with Crippen molar-refractivity contribution in [3.8, 4) is 22.8 Å². The lowest BCUT2D eigenvalue weighted by atomic mass is 10.1. The van der Waals surface area contributed by atoms with Gasteiger partial charge in [-0.2, -0.15) is 0 Å². The number of hydrogen-bond donors (Lipinski definition) is 0. The van der Waals surface area contributed by atoms with Gasteiger partial charge in [0.2, 0.25) is 0 Å². The molecule has 1 aromatic heterocycles. The number of nitrogens with zero attached hydrogens (tertiary/aromatic N) is 2. The Morgan fingerprint density at radius 1 is 1.07 bits per heavy atom. The number of methoxy groups -OCH3 is 2. The first kappa shape index (κ1) is 18.9. The van der Waals surface area contributed by atoms with Gasteiger partial charge in [-0.25, -0.2) is 4.98 Å². The molecule has 1 amide bonds. The Balaban J connectivity index is 1.89. The number of carbonyl (C=O) groups excluding carboxylic acids is 1. The van der Waals surface area contributed by atoms with Gasteiger partial charge in [0, 0.05) is 23.1 Å². The summed E-state index contributed by atoms with van der Waals surface area (Å²) in [5, 5.41) is 2.65. The lowest BCUT2D eigenvalue weighted by molar-refractivity contribution is 0.0988. The van der Waals surface area contributed by atoms with Gasteiger partial charge in [-0.1, -0.05) is 29.8 Å². The molecule has 0 atom stereocenters. The van der Waals surface area contributed by atoms with Gasteiger partial charge in [-0.3, -0.25) is 9.69 Å². The average molecular weight is 382 g/mol. The van der Waals surface area contributed by atoms with E-state index >= 15 is 0 Å². The third kappa shape index (κ3) is 3.95. The zero-order chi connectivity index (χ0) is 19.4. The summed E-state index contributed by atoms with van der Waals surface area (Å²) in [5.74, 6) is 0.996. The van der Waals surface area contributed by atoms with Crippen LogP contribution in [0.25, 0.3) is 11.3 Å². The quantitative estimate of drug-likeness (QED) is 0.614.